The molecule has 2 atom stereocenters. The van der Waals surface area contributed by atoms with E-state index in [-0.39, 0.29) is 23.3 Å². The Kier molecular flexibility index (Phi) is 7.31. The van der Waals surface area contributed by atoms with Crippen LogP contribution >= 0.6 is 0 Å². The molecule has 140 valence electrons. The van der Waals surface area contributed by atoms with Crippen LogP contribution < -0.4 is 0 Å². The van der Waals surface area contributed by atoms with Gasteiger partial charge in [-0.15, -0.1) is 0 Å². The van der Waals surface area contributed by atoms with E-state index in [9.17, 15) is 5.11 Å². The SMILES string of the molecule is CC(C)(C)[Si](C)(C)OC[C@](C)(F)[C@@H](CO)O[Si](C)(C)C(C)(C)C. The lowest BCUT2D eigenvalue weighted by atomic mass is 10.0. The van der Waals surface area contributed by atoms with Crippen molar-refractivity contribution in [1.29, 1.82) is 0 Å². The minimum atomic E-state index is -2.15. The van der Waals surface area contributed by atoms with Crippen molar-refractivity contribution < 1.29 is 18.3 Å². The molecular formula is C17H39FO3Si2. The fourth-order valence-corrected chi connectivity index (χ4v) is 3.98. The minimum Gasteiger partial charge on any atom is -0.413 e. The standard InChI is InChI=1S/C17H39FO3Si2/c1-15(2,3)22(8,9)20-13-17(7,18)14(12-19)21-23(10,11)16(4,5)6/h14,19H,12-13H2,1-11H3/t14-,17+/m1/s1. The van der Waals surface area contributed by atoms with Gasteiger partial charge in [0.25, 0.3) is 0 Å². The van der Waals surface area contributed by atoms with Gasteiger partial charge in [0.2, 0.25) is 0 Å². The Labute approximate surface area is 145 Å². The molecule has 1 N–H and O–H groups in total. The van der Waals surface area contributed by atoms with E-state index in [1.54, 1.807) is 0 Å². The predicted molar refractivity (Wildman–Crippen MR) is 102 cm³/mol. The second-order valence-corrected chi connectivity index (χ2v) is 19.4. The van der Waals surface area contributed by atoms with Crippen LogP contribution in [0.15, 0.2) is 0 Å². The first-order chi connectivity index (χ1) is 9.87. The molecule has 0 saturated heterocycles. The molecule has 0 bridgehead atoms. The van der Waals surface area contributed by atoms with Gasteiger partial charge in [-0.3, -0.25) is 0 Å². The molecule has 0 aliphatic rings. The Morgan fingerprint density at radius 1 is 0.870 bits per heavy atom. The first-order valence-corrected chi connectivity index (χ1v) is 14.3. The zero-order valence-electron chi connectivity index (χ0n) is 17.1. The summed E-state index contributed by atoms with van der Waals surface area (Å²) in [4.78, 5) is 0. The fraction of sp³-hybridized carbons (Fsp3) is 1.00. The largest absolute Gasteiger partial charge is 0.413 e. The third-order valence-electron chi connectivity index (χ3n) is 5.60. The second-order valence-electron chi connectivity index (χ2n) is 9.88. The molecule has 0 unspecified atom stereocenters. The third kappa shape index (κ3) is 6.23. The van der Waals surface area contributed by atoms with Crippen LogP contribution in [0.2, 0.25) is 36.3 Å². The Bertz CT molecular complexity index is 382. The summed E-state index contributed by atoms with van der Waals surface area (Å²) in [5.74, 6) is 0. The van der Waals surface area contributed by atoms with E-state index in [2.05, 4.69) is 67.7 Å². The summed E-state index contributed by atoms with van der Waals surface area (Å²) in [6.07, 6.45) is -0.854. The maximum Gasteiger partial charge on any atom is 0.192 e. The summed E-state index contributed by atoms with van der Waals surface area (Å²) >= 11 is 0. The molecular weight excluding hydrogens is 327 g/mol. The van der Waals surface area contributed by atoms with Crippen LogP contribution in [0.4, 0.5) is 4.39 Å². The molecule has 0 fully saturated rings. The highest BCUT2D eigenvalue weighted by molar-refractivity contribution is 6.74. The summed E-state index contributed by atoms with van der Waals surface area (Å²) in [5.41, 5.74) is -1.71. The molecule has 0 rings (SSSR count). The van der Waals surface area contributed by atoms with Crippen LogP contribution in [0.3, 0.4) is 0 Å². The molecule has 0 aliphatic heterocycles. The zero-order valence-corrected chi connectivity index (χ0v) is 19.1. The molecule has 0 aromatic heterocycles. The van der Waals surface area contributed by atoms with Gasteiger partial charge < -0.3 is 14.0 Å². The summed E-state index contributed by atoms with van der Waals surface area (Å²) in [5, 5.41) is 9.69. The molecule has 23 heavy (non-hydrogen) atoms. The normalized spacial score (nSPS) is 18.7. The van der Waals surface area contributed by atoms with E-state index in [1.165, 1.54) is 6.92 Å². The average molecular weight is 367 g/mol. The van der Waals surface area contributed by atoms with Crippen LogP contribution in [0.1, 0.15) is 48.5 Å². The number of hydrogen-bond donors (Lipinski definition) is 1. The Balaban J connectivity index is 5.09. The summed E-state index contributed by atoms with van der Waals surface area (Å²) in [6.45, 7) is 22.2. The van der Waals surface area contributed by atoms with Gasteiger partial charge in [0.1, 0.15) is 6.10 Å². The lowest BCUT2D eigenvalue weighted by Crippen LogP contribution is -2.54. The van der Waals surface area contributed by atoms with Crippen molar-refractivity contribution in [2.75, 3.05) is 13.2 Å². The van der Waals surface area contributed by atoms with E-state index in [0.717, 1.165) is 0 Å². The number of alkyl halides is 1. The maximum atomic E-state index is 15.2. The van der Waals surface area contributed by atoms with Gasteiger partial charge in [0.05, 0.1) is 13.2 Å². The van der Waals surface area contributed by atoms with Crippen molar-refractivity contribution in [1.82, 2.24) is 0 Å². The summed E-state index contributed by atoms with van der Waals surface area (Å²) < 4.78 is 27.4. The highest BCUT2D eigenvalue weighted by Crippen LogP contribution is 2.40. The Hall–Kier alpha value is 0.244. The maximum absolute atomic E-state index is 15.2. The van der Waals surface area contributed by atoms with Crippen molar-refractivity contribution in [3.63, 3.8) is 0 Å². The molecule has 0 aromatic rings. The topological polar surface area (TPSA) is 38.7 Å². The van der Waals surface area contributed by atoms with Crippen LogP contribution in [-0.4, -0.2) is 46.7 Å². The molecule has 0 heterocycles. The molecule has 0 aromatic carbocycles. The summed E-state index contributed by atoms with van der Waals surface area (Å²) in [6, 6.07) is 0. The van der Waals surface area contributed by atoms with Gasteiger partial charge in [-0.2, -0.15) is 0 Å². The van der Waals surface area contributed by atoms with Gasteiger partial charge >= 0.3 is 0 Å². The Morgan fingerprint density at radius 2 is 1.26 bits per heavy atom. The molecule has 0 amide bonds. The van der Waals surface area contributed by atoms with E-state index in [4.69, 9.17) is 8.85 Å². The van der Waals surface area contributed by atoms with E-state index in [0.29, 0.717) is 0 Å². The van der Waals surface area contributed by atoms with Crippen molar-refractivity contribution in [3.8, 4) is 0 Å². The smallest absolute Gasteiger partial charge is 0.192 e. The van der Waals surface area contributed by atoms with Crippen LogP contribution in [0.25, 0.3) is 0 Å². The van der Waals surface area contributed by atoms with Gasteiger partial charge in [0.15, 0.2) is 22.3 Å². The van der Waals surface area contributed by atoms with Crippen molar-refractivity contribution >= 4 is 16.6 Å². The fourth-order valence-electron chi connectivity index (χ4n) is 1.51. The molecule has 0 aliphatic carbocycles. The van der Waals surface area contributed by atoms with Gasteiger partial charge in [0, 0.05) is 0 Å². The van der Waals surface area contributed by atoms with Crippen molar-refractivity contribution in [3.05, 3.63) is 0 Å². The van der Waals surface area contributed by atoms with Crippen molar-refractivity contribution in [2.24, 2.45) is 0 Å². The molecule has 0 spiro atoms. The number of halogens is 1. The highest BCUT2D eigenvalue weighted by atomic mass is 28.4. The lowest BCUT2D eigenvalue weighted by molar-refractivity contribution is -0.0468. The molecule has 3 nitrogen and oxygen atoms in total. The molecule has 0 radical (unpaired) electrons. The van der Waals surface area contributed by atoms with Gasteiger partial charge in [-0.25, -0.2) is 4.39 Å². The average Bonchev–Trinajstić information content (AvgIpc) is 2.30. The van der Waals surface area contributed by atoms with E-state index in [1.807, 2.05) is 0 Å². The minimum absolute atomic E-state index is 0.0259. The van der Waals surface area contributed by atoms with Crippen LogP contribution in [0, 0.1) is 0 Å². The number of hydrogen-bond acceptors (Lipinski definition) is 3. The quantitative estimate of drug-likeness (QED) is 0.636. The second kappa shape index (κ2) is 7.24. The predicted octanol–water partition coefficient (Wildman–Crippen LogP) is 5.12. The highest BCUT2D eigenvalue weighted by Gasteiger charge is 2.46. The van der Waals surface area contributed by atoms with Gasteiger partial charge in [-0.1, -0.05) is 41.5 Å². The first kappa shape index (κ1) is 23.2. The number of aliphatic hydroxyl groups excluding tert-OH is 1. The Morgan fingerprint density at radius 3 is 1.57 bits per heavy atom. The lowest BCUT2D eigenvalue weighted by Gasteiger charge is -2.43. The van der Waals surface area contributed by atoms with Crippen molar-refractivity contribution in [2.45, 2.75) is 96.5 Å². The van der Waals surface area contributed by atoms with E-state index >= 15 is 4.39 Å². The summed E-state index contributed by atoms with van der Waals surface area (Å²) in [7, 11) is -4.19. The van der Waals surface area contributed by atoms with Gasteiger partial charge in [-0.05, 0) is 43.2 Å². The molecule has 6 heteroatoms. The number of rotatable bonds is 7. The van der Waals surface area contributed by atoms with Crippen LogP contribution in [-0.2, 0) is 8.85 Å². The molecule has 0 saturated carbocycles. The van der Waals surface area contributed by atoms with E-state index < -0.39 is 28.4 Å². The zero-order chi connectivity index (χ0) is 18.9. The number of aliphatic hydroxyl groups is 1. The first-order valence-electron chi connectivity index (χ1n) is 8.49. The monoisotopic (exact) mass is 366 g/mol. The van der Waals surface area contributed by atoms with Crippen LogP contribution in [0.5, 0.6) is 0 Å². The third-order valence-corrected chi connectivity index (χ3v) is 14.6.